The first-order valence-electron chi connectivity index (χ1n) is 4.87. The van der Waals surface area contributed by atoms with Gasteiger partial charge in [-0.15, -0.1) is 11.8 Å². The van der Waals surface area contributed by atoms with Gasteiger partial charge in [-0.3, -0.25) is 10.1 Å². The van der Waals surface area contributed by atoms with Crippen molar-refractivity contribution in [2.75, 3.05) is 7.05 Å². The lowest BCUT2D eigenvalue weighted by Crippen LogP contribution is -2.41. The molecule has 0 radical (unpaired) electrons. The lowest BCUT2D eigenvalue weighted by molar-refractivity contribution is -0.119. The largest absolute Gasteiger partial charge is 0.341 e. The second-order valence-corrected chi connectivity index (χ2v) is 4.56. The number of hydrogen-bond donors (Lipinski definition) is 2. The maximum atomic E-state index is 11.5. The summed E-state index contributed by atoms with van der Waals surface area (Å²) in [6, 6.07) is 9.10. The molecule has 0 heterocycles. The molecule has 0 aliphatic carbocycles. The lowest BCUT2D eigenvalue weighted by atomic mass is 10.4. The standard InChI is InChI=1S/C11H14N2O2S/c1-8(10(14)13-11(15)12-2)16-9-6-4-3-5-7-9/h3-8H,1-2H3,(H2,12,13,14,15)/t8-/m1/s1. The van der Waals surface area contributed by atoms with Gasteiger partial charge in [-0.25, -0.2) is 4.79 Å². The number of carbonyl (C=O) groups excluding carboxylic acids is 2. The van der Waals surface area contributed by atoms with Crippen LogP contribution in [0.2, 0.25) is 0 Å². The first kappa shape index (κ1) is 12.6. The van der Waals surface area contributed by atoms with E-state index in [0.29, 0.717) is 0 Å². The number of nitrogens with one attached hydrogen (secondary N) is 2. The molecule has 1 aromatic carbocycles. The van der Waals surface area contributed by atoms with Gasteiger partial charge < -0.3 is 5.32 Å². The van der Waals surface area contributed by atoms with E-state index in [0.717, 1.165) is 4.90 Å². The van der Waals surface area contributed by atoms with Crippen LogP contribution in [-0.2, 0) is 4.79 Å². The van der Waals surface area contributed by atoms with E-state index < -0.39 is 6.03 Å². The molecule has 2 N–H and O–H groups in total. The van der Waals surface area contributed by atoms with Gasteiger partial charge in [0.25, 0.3) is 0 Å². The van der Waals surface area contributed by atoms with Gasteiger partial charge in [-0.2, -0.15) is 0 Å². The van der Waals surface area contributed by atoms with Crippen molar-refractivity contribution in [2.24, 2.45) is 0 Å². The summed E-state index contributed by atoms with van der Waals surface area (Å²) in [5, 5.41) is 4.27. The molecule has 1 aromatic rings. The Morgan fingerprint density at radius 2 is 1.88 bits per heavy atom. The highest BCUT2D eigenvalue weighted by Gasteiger charge is 2.15. The van der Waals surface area contributed by atoms with Gasteiger partial charge in [-0.05, 0) is 19.1 Å². The maximum Gasteiger partial charge on any atom is 0.321 e. The topological polar surface area (TPSA) is 58.2 Å². The third-order valence-electron chi connectivity index (χ3n) is 1.89. The first-order chi connectivity index (χ1) is 7.63. The van der Waals surface area contributed by atoms with Gasteiger partial charge in [0.1, 0.15) is 0 Å². The first-order valence-corrected chi connectivity index (χ1v) is 5.75. The zero-order chi connectivity index (χ0) is 12.0. The normalized spacial score (nSPS) is 11.6. The van der Waals surface area contributed by atoms with Crippen LogP contribution in [0, 0.1) is 0 Å². The Balaban J connectivity index is 2.49. The SMILES string of the molecule is CNC(=O)NC(=O)[C@@H](C)Sc1ccccc1. The Bertz CT molecular complexity index is 368. The molecule has 0 aliphatic rings. The highest BCUT2D eigenvalue weighted by molar-refractivity contribution is 8.00. The lowest BCUT2D eigenvalue weighted by Gasteiger charge is -2.10. The van der Waals surface area contributed by atoms with Gasteiger partial charge in [0, 0.05) is 11.9 Å². The van der Waals surface area contributed by atoms with E-state index in [1.165, 1.54) is 18.8 Å². The van der Waals surface area contributed by atoms with Crippen LogP contribution < -0.4 is 10.6 Å². The van der Waals surface area contributed by atoms with Crippen LogP contribution in [0.3, 0.4) is 0 Å². The van der Waals surface area contributed by atoms with E-state index in [-0.39, 0.29) is 11.2 Å². The maximum absolute atomic E-state index is 11.5. The second-order valence-electron chi connectivity index (χ2n) is 3.14. The van der Waals surface area contributed by atoms with E-state index in [1.807, 2.05) is 30.3 Å². The van der Waals surface area contributed by atoms with Crippen molar-refractivity contribution in [3.8, 4) is 0 Å². The zero-order valence-corrected chi connectivity index (χ0v) is 10.0. The van der Waals surface area contributed by atoms with Crippen LogP contribution in [0.1, 0.15) is 6.92 Å². The molecule has 0 spiro atoms. The van der Waals surface area contributed by atoms with Crippen LogP contribution in [-0.4, -0.2) is 24.2 Å². The fraction of sp³-hybridized carbons (Fsp3) is 0.273. The average Bonchev–Trinajstić information content (AvgIpc) is 2.30. The van der Waals surface area contributed by atoms with Crippen molar-refractivity contribution in [3.63, 3.8) is 0 Å². The Morgan fingerprint density at radius 1 is 1.25 bits per heavy atom. The summed E-state index contributed by atoms with van der Waals surface area (Å²) in [6.07, 6.45) is 0. The number of imide groups is 1. The predicted octanol–water partition coefficient (Wildman–Crippen LogP) is 1.62. The molecule has 1 rings (SSSR count). The summed E-state index contributed by atoms with van der Waals surface area (Å²) >= 11 is 1.41. The Kier molecular flexibility index (Phi) is 4.85. The average molecular weight is 238 g/mol. The highest BCUT2D eigenvalue weighted by atomic mass is 32.2. The van der Waals surface area contributed by atoms with Gasteiger partial charge in [-0.1, -0.05) is 18.2 Å². The number of benzene rings is 1. The van der Waals surface area contributed by atoms with Gasteiger partial charge in [0.15, 0.2) is 0 Å². The van der Waals surface area contributed by atoms with Crippen LogP contribution in [0.15, 0.2) is 35.2 Å². The molecule has 0 saturated carbocycles. The Hall–Kier alpha value is -1.49. The predicted molar refractivity (Wildman–Crippen MR) is 64.4 cm³/mol. The quantitative estimate of drug-likeness (QED) is 0.787. The number of rotatable bonds is 3. The minimum absolute atomic E-state index is 0.298. The molecule has 0 unspecified atom stereocenters. The molecule has 0 fully saturated rings. The minimum Gasteiger partial charge on any atom is -0.341 e. The number of carbonyl (C=O) groups is 2. The molecule has 4 nitrogen and oxygen atoms in total. The number of amides is 3. The summed E-state index contributed by atoms with van der Waals surface area (Å²) in [5.41, 5.74) is 0. The van der Waals surface area contributed by atoms with Gasteiger partial charge in [0.2, 0.25) is 5.91 Å². The van der Waals surface area contributed by atoms with E-state index in [4.69, 9.17) is 0 Å². The van der Waals surface area contributed by atoms with Crippen molar-refractivity contribution in [1.82, 2.24) is 10.6 Å². The summed E-state index contributed by atoms with van der Waals surface area (Å²) < 4.78 is 0. The van der Waals surface area contributed by atoms with Gasteiger partial charge in [0.05, 0.1) is 5.25 Å². The minimum atomic E-state index is -0.481. The summed E-state index contributed by atoms with van der Waals surface area (Å²) in [5.74, 6) is -0.298. The summed E-state index contributed by atoms with van der Waals surface area (Å²) in [7, 11) is 1.47. The molecular weight excluding hydrogens is 224 g/mol. The second kappa shape index (κ2) is 6.17. The van der Waals surface area contributed by atoms with Crippen molar-refractivity contribution in [2.45, 2.75) is 17.1 Å². The Morgan fingerprint density at radius 3 is 2.44 bits per heavy atom. The molecule has 0 aliphatic heterocycles. The third-order valence-corrected chi connectivity index (χ3v) is 3.00. The molecule has 1 atom stereocenters. The van der Waals surface area contributed by atoms with Crippen LogP contribution in [0.4, 0.5) is 4.79 Å². The molecule has 0 saturated heterocycles. The van der Waals surface area contributed by atoms with Crippen LogP contribution in [0.25, 0.3) is 0 Å². The van der Waals surface area contributed by atoms with Crippen molar-refractivity contribution < 1.29 is 9.59 Å². The summed E-state index contributed by atoms with van der Waals surface area (Å²) in [4.78, 5) is 23.5. The van der Waals surface area contributed by atoms with Crippen LogP contribution in [0.5, 0.6) is 0 Å². The molecule has 86 valence electrons. The zero-order valence-electron chi connectivity index (χ0n) is 9.19. The Labute approximate surface area is 98.8 Å². The highest BCUT2D eigenvalue weighted by Crippen LogP contribution is 2.22. The van der Waals surface area contributed by atoms with Crippen LogP contribution >= 0.6 is 11.8 Å². The van der Waals surface area contributed by atoms with Crippen molar-refractivity contribution in [1.29, 1.82) is 0 Å². The molecule has 5 heteroatoms. The number of thioether (sulfide) groups is 1. The molecule has 16 heavy (non-hydrogen) atoms. The number of hydrogen-bond acceptors (Lipinski definition) is 3. The third kappa shape index (κ3) is 3.94. The van der Waals surface area contributed by atoms with Crippen molar-refractivity contribution in [3.05, 3.63) is 30.3 Å². The fourth-order valence-electron chi connectivity index (χ4n) is 1.03. The smallest absolute Gasteiger partial charge is 0.321 e. The summed E-state index contributed by atoms with van der Waals surface area (Å²) in [6.45, 7) is 1.76. The molecular formula is C11H14N2O2S. The van der Waals surface area contributed by atoms with E-state index in [9.17, 15) is 9.59 Å². The van der Waals surface area contributed by atoms with E-state index >= 15 is 0 Å². The van der Waals surface area contributed by atoms with Gasteiger partial charge >= 0.3 is 6.03 Å². The van der Waals surface area contributed by atoms with Crippen molar-refractivity contribution >= 4 is 23.7 Å². The fourth-order valence-corrected chi connectivity index (χ4v) is 1.92. The van der Waals surface area contributed by atoms with E-state index in [1.54, 1.807) is 6.92 Å². The molecule has 0 aromatic heterocycles. The monoisotopic (exact) mass is 238 g/mol. The molecule has 0 bridgehead atoms. The van der Waals surface area contributed by atoms with E-state index in [2.05, 4.69) is 10.6 Å². The number of urea groups is 1. The molecule has 3 amide bonds.